The molecule has 0 atom stereocenters. The van der Waals surface area contributed by atoms with Crippen LogP contribution in [0.1, 0.15) is 0 Å². The molecule has 2 rings (SSSR count). The summed E-state index contributed by atoms with van der Waals surface area (Å²) >= 11 is 0. The van der Waals surface area contributed by atoms with Gasteiger partial charge in [-0.15, -0.1) is 0 Å². The first kappa shape index (κ1) is 12.8. The lowest BCUT2D eigenvalue weighted by Crippen LogP contribution is -2.22. The van der Waals surface area contributed by atoms with E-state index in [0.717, 1.165) is 12.2 Å². The van der Waals surface area contributed by atoms with Crippen LogP contribution in [0.2, 0.25) is 0 Å². The van der Waals surface area contributed by atoms with Gasteiger partial charge in [-0.05, 0) is 35.6 Å². The number of hydrogen-bond donors (Lipinski definition) is 5. The summed E-state index contributed by atoms with van der Waals surface area (Å²) in [6, 6.07) is 0. The molecule has 0 radical (unpaired) electrons. The van der Waals surface area contributed by atoms with Gasteiger partial charge in [0, 0.05) is 6.54 Å². The van der Waals surface area contributed by atoms with Crippen LogP contribution in [0.4, 0.5) is 0 Å². The largest absolute Gasteiger partial charge is 0.387 e. The highest BCUT2D eigenvalue weighted by Gasteiger charge is 2.59. The van der Waals surface area contributed by atoms with Crippen molar-refractivity contribution in [3.8, 4) is 0 Å². The third-order valence-electron chi connectivity index (χ3n) is 2.73. The van der Waals surface area contributed by atoms with E-state index in [0.29, 0.717) is 11.1 Å². The van der Waals surface area contributed by atoms with Crippen molar-refractivity contribution in [1.82, 2.24) is 5.32 Å². The molecule has 0 aromatic carbocycles. The smallest absolute Gasteiger partial charge is 0.351 e. The number of rotatable bonds is 2. The van der Waals surface area contributed by atoms with Crippen LogP contribution in [0.3, 0.4) is 0 Å². The molecule has 0 bridgehead atoms. The minimum Gasteiger partial charge on any atom is -0.387 e. The van der Waals surface area contributed by atoms with Crippen LogP contribution in [0, 0.1) is 0 Å². The predicted octanol–water partition coefficient (Wildman–Crippen LogP) is 0.0214. The molecule has 0 fully saturated rings. The van der Waals surface area contributed by atoms with E-state index in [1.807, 2.05) is 0 Å². The molecule has 7 nitrogen and oxygen atoms in total. The lowest BCUT2D eigenvalue weighted by Gasteiger charge is -2.26. The van der Waals surface area contributed by atoms with Crippen molar-refractivity contribution in [2.75, 3.05) is 6.54 Å². The Hall–Kier alpha value is -0.680. The Bertz CT molecular complexity index is 514. The Labute approximate surface area is 96.9 Å². The molecular weight excluding hydrogens is 268 g/mol. The first-order chi connectivity index (χ1) is 7.67. The SMILES string of the molecule is O=P(O)(O)C1(P(=O)(O)O)C=C2C=CNCC2=C1. The highest BCUT2D eigenvalue weighted by Crippen LogP contribution is 2.72. The zero-order valence-corrected chi connectivity index (χ0v) is 10.3. The van der Waals surface area contributed by atoms with E-state index in [4.69, 9.17) is 0 Å². The molecule has 1 aliphatic carbocycles. The molecule has 0 aromatic rings. The van der Waals surface area contributed by atoms with Crippen LogP contribution in [0.25, 0.3) is 0 Å². The van der Waals surface area contributed by atoms with Crippen LogP contribution in [0.15, 0.2) is 35.6 Å². The van der Waals surface area contributed by atoms with Gasteiger partial charge in [-0.25, -0.2) is 0 Å². The van der Waals surface area contributed by atoms with Gasteiger partial charge in [0.15, 0.2) is 0 Å². The number of allylic oxidation sites excluding steroid dienone is 3. The van der Waals surface area contributed by atoms with Crippen molar-refractivity contribution in [3.63, 3.8) is 0 Å². The summed E-state index contributed by atoms with van der Waals surface area (Å²) in [6.07, 6.45) is 5.00. The van der Waals surface area contributed by atoms with E-state index >= 15 is 0 Å². The van der Waals surface area contributed by atoms with Crippen molar-refractivity contribution in [1.29, 1.82) is 0 Å². The Balaban J connectivity index is 2.67. The van der Waals surface area contributed by atoms with Crippen molar-refractivity contribution in [2.24, 2.45) is 0 Å². The molecule has 0 aromatic heterocycles. The average Bonchev–Trinajstić information content (AvgIpc) is 2.55. The molecule has 9 heteroatoms. The van der Waals surface area contributed by atoms with Crippen LogP contribution in [0.5, 0.6) is 0 Å². The van der Waals surface area contributed by atoms with E-state index in [-0.39, 0.29) is 6.54 Å². The zero-order chi connectivity index (χ0) is 12.9. The van der Waals surface area contributed by atoms with Gasteiger partial charge in [0.05, 0.1) is 0 Å². The lowest BCUT2D eigenvalue weighted by atomic mass is 10.1. The highest BCUT2D eigenvalue weighted by molar-refractivity contribution is 7.73. The second-order valence-electron chi connectivity index (χ2n) is 3.85. The first-order valence-corrected chi connectivity index (χ1v) is 7.86. The topological polar surface area (TPSA) is 127 Å². The summed E-state index contributed by atoms with van der Waals surface area (Å²) in [7, 11) is -10.0. The number of fused-ring (bicyclic) bond motifs is 1. The molecule has 0 saturated carbocycles. The van der Waals surface area contributed by atoms with E-state index in [2.05, 4.69) is 5.32 Å². The fourth-order valence-electron chi connectivity index (χ4n) is 1.83. The summed E-state index contributed by atoms with van der Waals surface area (Å²) in [5.74, 6) is 0. The van der Waals surface area contributed by atoms with Crippen LogP contribution < -0.4 is 5.32 Å². The standard InChI is InChI=1S/C8H11NO6P2/c10-16(11,12)8(17(13,14)15)3-6-1-2-9-5-7(6)4-8/h1-4,9H,5H2,(H2,10,11,12)(H2,13,14,15). The van der Waals surface area contributed by atoms with Gasteiger partial charge in [0.1, 0.15) is 0 Å². The quantitative estimate of drug-likeness (QED) is 0.451. The molecular formula is C8H11NO6P2. The van der Waals surface area contributed by atoms with E-state index in [9.17, 15) is 28.7 Å². The highest BCUT2D eigenvalue weighted by atomic mass is 31.2. The summed E-state index contributed by atoms with van der Waals surface area (Å²) in [5.41, 5.74) is 0.898. The second kappa shape index (κ2) is 3.65. The molecule has 17 heavy (non-hydrogen) atoms. The Morgan fingerprint density at radius 2 is 1.71 bits per heavy atom. The van der Waals surface area contributed by atoms with E-state index in [1.165, 1.54) is 6.08 Å². The maximum atomic E-state index is 11.4. The Morgan fingerprint density at radius 3 is 2.18 bits per heavy atom. The fourth-order valence-corrected chi connectivity index (χ4v) is 4.45. The Kier molecular flexibility index (Phi) is 2.74. The van der Waals surface area contributed by atoms with Gasteiger partial charge in [0.2, 0.25) is 4.90 Å². The van der Waals surface area contributed by atoms with Gasteiger partial charge in [-0.1, -0.05) is 0 Å². The fraction of sp³-hybridized carbons (Fsp3) is 0.250. The maximum absolute atomic E-state index is 11.4. The Morgan fingerprint density at radius 1 is 1.12 bits per heavy atom. The predicted molar refractivity (Wildman–Crippen MR) is 60.1 cm³/mol. The monoisotopic (exact) mass is 279 g/mol. The lowest BCUT2D eigenvalue weighted by molar-refractivity contribution is 0.333. The molecule has 1 aliphatic heterocycles. The van der Waals surface area contributed by atoms with E-state index < -0.39 is 20.1 Å². The van der Waals surface area contributed by atoms with Gasteiger partial charge in [0.25, 0.3) is 0 Å². The third kappa shape index (κ3) is 1.85. The van der Waals surface area contributed by atoms with Crippen molar-refractivity contribution < 1.29 is 28.7 Å². The molecule has 0 spiro atoms. The molecule has 1 heterocycles. The van der Waals surface area contributed by atoms with Gasteiger partial charge >= 0.3 is 15.2 Å². The molecule has 0 amide bonds. The van der Waals surface area contributed by atoms with E-state index in [1.54, 1.807) is 6.20 Å². The molecule has 0 unspecified atom stereocenters. The first-order valence-electron chi connectivity index (χ1n) is 4.63. The summed E-state index contributed by atoms with van der Waals surface area (Å²) in [6.45, 7) is 0.282. The molecule has 94 valence electrons. The van der Waals surface area contributed by atoms with Crippen LogP contribution >= 0.6 is 15.2 Å². The van der Waals surface area contributed by atoms with Gasteiger partial charge < -0.3 is 24.9 Å². The van der Waals surface area contributed by atoms with Crippen LogP contribution in [-0.4, -0.2) is 31.0 Å². The normalized spacial score (nSPS) is 22.6. The summed E-state index contributed by atoms with van der Waals surface area (Å²) in [5, 5.41) is 2.80. The number of nitrogens with one attached hydrogen (secondary N) is 1. The van der Waals surface area contributed by atoms with Crippen molar-refractivity contribution in [3.05, 3.63) is 35.6 Å². The van der Waals surface area contributed by atoms with Gasteiger partial charge in [-0.2, -0.15) is 0 Å². The zero-order valence-electron chi connectivity index (χ0n) is 8.52. The van der Waals surface area contributed by atoms with Crippen LogP contribution in [-0.2, 0) is 9.13 Å². The molecule has 5 N–H and O–H groups in total. The second-order valence-corrected chi connectivity index (χ2v) is 7.86. The summed E-state index contributed by atoms with van der Waals surface area (Å²) in [4.78, 5) is 34.4. The van der Waals surface area contributed by atoms with Gasteiger partial charge in [-0.3, -0.25) is 9.13 Å². The van der Waals surface area contributed by atoms with Crippen molar-refractivity contribution in [2.45, 2.75) is 4.90 Å². The molecule has 2 aliphatic rings. The molecule has 0 saturated heterocycles. The third-order valence-corrected chi connectivity index (χ3v) is 6.68. The minimum atomic E-state index is -5.02. The average molecular weight is 279 g/mol. The minimum absolute atomic E-state index is 0.282. The summed E-state index contributed by atoms with van der Waals surface area (Å²) < 4.78 is 22.8. The maximum Gasteiger partial charge on any atom is 0.351 e. The van der Waals surface area contributed by atoms with Crippen molar-refractivity contribution >= 4 is 15.2 Å². The number of hydrogen-bond acceptors (Lipinski definition) is 3.